The second-order valence-corrected chi connectivity index (χ2v) is 4.62. The minimum atomic E-state index is -0.189. The van der Waals surface area contributed by atoms with Gasteiger partial charge in [-0.15, -0.1) is 0 Å². The van der Waals surface area contributed by atoms with Crippen molar-refractivity contribution < 1.29 is 4.74 Å². The summed E-state index contributed by atoms with van der Waals surface area (Å²) in [4.78, 5) is 0. The summed E-state index contributed by atoms with van der Waals surface area (Å²) < 4.78 is 6.02. The van der Waals surface area contributed by atoms with Gasteiger partial charge in [0.2, 0.25) is 0 Å². The van der Waals surface area contributed by atoms with Crippen LogP contribution in [0.3, 0.4) is 0 Å². The molecule has 1 aromatic carbocycles. The zero-order valence-electron chi connectivity index (χ0n) is 10.1. The maximum atomic E-state index is 6.02. The summed E-state index contributed by atoms with van der Waals surface area (Å²) in [5.74, 6) is 0.996. The first kappa shape index (κ1) is 12.1. The van der Waals surface area contributed by atoms with Crippen LogP contribution in [0.15, 0.2) is 18.2 Å². The SMILES string of the molecule is Cc1cccc(C)c1OC(C)(C)CCN. The molecule has 0 atom stereocenters. The van der Waals surface area contributed by atoms with Gasteiger partial charge in [-0.1, -0.05) is 18.2 Å². The number of hydrogen-bond donors (Lipinski definition) is 1. The second kappa shape index (κ2) is 4.67. The summed E-state index contributed by atoms with van der Waals surface area (Å²) in [5.41, 5.74) is 7.74. The molecule has 2 heteroatoms. The van der Waals surface area contributed by atoms with E-state index in [0.717, 1.165) is 12.2 Å². The van der Waals surface area contributed by atoms with Gasteiger partial charge in [-0.25, -0.2) is 0 Å². The molecule has 0 spiro atoms. The fourth-order valence-electron chi connectivity index (χ4n) is 1.64. The standard InChI is InChI=1S/C13H21NO/c1-10-6-5-7-11(2)12(10)15-13(3,4)8-9-14/h5-7H,8-9,14H2,1-4H3. The minimum absolute atomic E-state index is 0.189. The Morgan fingerprint density at radius 2 is 1.73 bits per heavy atom. The van der Waals surface area contributed by atoms with Crippen molar-refractivity contribution in [3.05, 3.63) is 29.3 Å². The van der Waals surface area contributed by atoms with Gasteiger partial charge in [0.15, 0.2) is 0 Å². The van der Waals surface area contributed by atoms with Gasteiger partial charge in [0.05, 0.1) is 0 Å². The molecule has 15 heavy (non-hydrogen) atoms. The summed E-state index contributed by atoms with van der Waals surface area (Å²) in [6.07, 6.45) is 0.862. The molecule has 0 saturated carbocycles. The van der Waals surface area contributed by atoms with Crippen molar-refractivity contribution in [2.24, 2.45) is 5.73 Å². The highest BCUT2D eigenvalue weighted by Crippen LogP contribution is 2.27. The maximum Gasteiger partial charge on any atom is 0.125 e. The number of aryl methyl sites for hydroxylation is 2. The van der Waals surface area contributed by atoms with Gasteiger partial charge in [-0.3, -0.25) is 0 Å². The summed E-state index contributed by atoms with van der Waals surface area (Å²) in [6.45, 7) is 8.94. The number of hydrogen-bond acceptors (Lipinski definition) is 2. The van der Waals surface area contributed by atoms with E-state index in [1.165, 1.54) is 11.1 Å². The molecule has 0 aromatic heterocycles. The van der Waals surface area contributed by atoms with Crippen LogP contribution in [-0.4, -0.2) is 12.1 Å². The summed E-state index contributed by atoms with van der Waals surface area (Å²) in [7, 11) is 0. The van der Waals surface area contributed by atoms with Gasteiger partial charge < -0.3 is 10.5 Å². The molecule has 0 amide bonds. The van der Waals surface area contributed by atoms with Crippen molar-refractivity contribution >= 4 is 0 Å². The van der Waals surface area contributed by atoms with E-state index in [2.05, 4.69) is 39.8 Å². The van der Waals surface area contributed by atoms with Crippen molar-refractivity contribution in [1.82, 2.24) is 0 Å². The van der Waals surface area contributed by atoms with Crippen molar-refractivity contribution in [1.29, 1.82) is 0 Å². The van der Waals surface area contributed by atoms with Crippen LogP contribution in [0.5, 0.6) is 5.75 Å². The van der Waals surface area contributed by atoms with Crippen LogP contribution >= 0.6 is 0 Å². The highest BCUT2D eigenvalue weighted by atomic mass is 16.5. The molecule has 0 unspecified atom stereocenters. The zero-order chi connectivity index (χ0) is 11.5. The number of ether oxygens (including phenoxy) is 1. The smallest absolute Gasteiger partial charge is 0.125 e. The fraction of sp³-hybridized carbons (Fsp3) is 0.538. The first-order chi connectivity index (χ1) is 6.96. The fourth-order valence-corrected chi connectivity index (χ4v) is 1.64. The molecule has 0 heterocycles. The molecule has 84 valence electrons. The van der Waals surface area contributed by atoms with Gasteiger partial charge >= 0.3 is 0 Å². The molecular weight excluding hydrogens is 186 g/mol. The Morgan fingerprint density at radius 3 is 2.20 bits per heavy atom. The monoisotopic (exact) mass is 207 g/mol. The van der Waals surface area contributed by atoms with Gasteiger partial charge in [0.1, 0.15) is 11.4 Å². The third-order valence-electron chi connectivity index (χ3n) is 2.53. The molecule has 0 saturated heterocycles. The summed E-state index contributed by atoms with van der Waals surface area (Å²) in [6, 6.07) is 6.19. The highest BCUT2D eigenvalue weighted by Gasteiger charge is 2.20. The first-order valence-corrected chi connectivity index (χ1v) is 5.41. The van der Waals surface area contributed by atoms with Crippen molar-refractivity contribution in [3.63, 3.8) is 0 Å². The Labute approximate surface area is 92.4 Å². The van der Waals surface area contributed by atoms with E-state index >= 15 is 0 Å². The van der Waals surface area contributed by atoms with E-state index in [1.54, 1.807) is 0 Å². The molecule has 2 N–H and O–H groups in total. The van der Waals surface area contributed by atoms with Crippen LogP contribution in [0, 0.1) is 13.8 Å². The Morgan fingerprint density at radius 1 is 1.20 bits per heavy atom. The van der Waals surface area contributed by atoms with Crippen molar-refractivity contribution in [2.45, 2.75) is 39.7 Å². The average molecular weight is 207 g/mol. The molecule has 0 bridgehead atoms. The number of benzene rings is 1. The predicted octanol–water partition coefficient (Wildman–Crippen LogP) is 2.81. The van der Waals surface area contributed by atoms with Gasteiger partial charge in [0, 0.05) is 0 Å². The summed E-state index contributed by atoms with van der Waals surface area (Å²) in [5, 5.41) is 0. The molecule has 0 radical (unpaired) electrons. The lowest BCUT2D eigenvalue weighted by atomic mass is 10.0. The largest absolute Gasteiger partial charge is 0.487 e. The Balaban J connectivity index is 2.89. The van der Waals surface area contributed by atoms with Crippen LogP contribution in [0.25, 0.3) is 0 Å². The van der Waals surface area contributed by atoms with Crippen LogP contribution in [0.2, 0.25) is 0 Å². The zero-order valence-corrected chi connectivity index (χ0v) is 10.1. The number of para-hydroxylation sites is 1. The minimum Gasteiger partial charge on any atom is -0.487 e. The molecule has 2 nitrogen and oxygen atoms in total. The molecule has 1 aromatic rings. The lowest BCUT2D eigenvalue weighted by molar-refractivity contribution is 0.100. The Bertz CT molecular complexity index is 311. The van der Waals surface area contributed by atoms with Crippen LogP contribution < -0.4 is 10.5 Å². The molecule has 0 aliphatic heterocycles. The third-order valence-corrected chi connectivity index (χ3v) is 2.53. The molecule has 1 rings (SSSR count). The van der Waals surface area contributed by atoms with E-state index in [0.29, 0.717) is 6.54 Å². The van der Waals surface area contributed by atoms with Gasteiger partial charge in [-0.2, -0.15) is 0 Å². The average Bonchev–Trinajstić information content (AvgIpc) is 2.11. The second-order valence-electron chi connectivity index (χ2n) is 4.62. The molecule has 0 aliphatic rings. The quantitative estimate of drug-likeness (QED) is 0.824. The maximum absolute atomic E-state index is 6.02. The van der Waals surface area contributed by atoms with Gasteiger partial charge in [-0.05, 0) is 51.8 Å². The van der Waals surface area contributed by atoms with E-state index < -0.39 is 0 Å². The van der Waals surface area contributed by atoms with Gasteiger partial charge in [0.25, 0.3) is 0 Å². The number of rotatable bonds is 4. The highest BCUT2D eigenvalue weighted by molar-refractivity contribution is 5.40. The lowest BCUT2D eigenvalue weighted by Gasteiger charge is -2.28. The number of nitrogens with two attached hydrogens (primary N) is 1. The first-order valence-electron chi connectivity index (χ1n) is 5.41. The van der Waals surface area contributed by atoms with Crippen molar-refractivity contribution in [3.8, 4) is 5.75 Å². The van der Waals surface area contributed by atoms with Crippen LogP contribution in [-0.2, 0) is 0 Å². The molecule has 0 aliphatic carbocycles. The normalized spacial score (nSPS) is 11.5. The third kappa shape index (κ3) is 3.24. The van der Waals surface area contributed by atoms with E-state index in [-0.39, 0.29) is 5.60 Å². The van der Waals surface area contributed by atoms with Crippen molar-refractivity contribution in [2.75, 3.05) is 6.54 Å². The Hall–Kier alpha value is -1.02. The Kier molecular flexibility index (Phi) is 3.75. The van der Waals surface area contributed by atoms with E-state index in [9.17, 15) is 0 Å². The van der Waals surface area contributed by atoms with E-state index in [4.69, 9.17) is 10.5 Å². The predicted molar refractivity (Wildman–Crippen MR) is 64.3 cm³/mol. The lowest BCUT2D eigenvalue weighted by Crippen LogP contribution is -2.31. The van der Waals surface area contributed by atoms with Crippen LogP contribution in [0.4, 0.5) is 0 Å². The van der Waals surface area contributed by atoms with Crippen LogP contribution in [0.1, 0.15) is 31.4 Å². The molecular formula is C13H21NO. The molecule has 0 fully saturated rings. The topological polar surface area (TPSA) is 35.2 Å². The summed E-state index contributed by atoms with van der Waals surface area (Å²) >= 11 is 0. The van der Waals surface area contributed by atoms with E-state index in [1.807, 2.05) is 6.07 Å².